The van der Waals surface area contributed by atoms with Crippen LogP contribution in [0.3, 0.4) is 0 Å². The van der Waals surface area contributed by atoms with Crippen LogP contribution >= 0.6 is 12.4 Å². The van der Waals surface area contributed by atoms with Crippen molar-refractivity contribution in [3.63, 3.8) is 0 Å². The van der Waals surface area contributed by atoms with Gasteiger partial charge >= 0.3 is 12.1 Å². The molecule has 1 amide bonds. The minimum absolute atomic E-state index is 0. The molecule has 1 rings (SSSR count). The number of ether oxygens (including phenoxy) is 2. The maximum absolute atomic E-state index is 11.6. The van der Waals surface area contributed by atoms with Gasteiger partial charge in [-0.25, -0.2) is 4.79 Å². The summed E-state index contributed by atoms with van der Waals surface area (Å²) in [4.78, 5) is 23.0. The van der Waals surface area contributed by atoms with E-state index in [2.05, 4.69) is 10.6 Å². The van der Waals surface area contributed by atoms with Crippen LogP contribution in [-0.4, -0.2) is 43.9 Å². The van der Waals surface area contributed by atoms with Gasteiger partial charge in [0.2, 0.25) is 0 Å². The smallest absolute Gasteiger partial charge is 0.407 e. The Morgan fingerprint density at radius 2 is 1.89 bits per heavy atom. The standard InChI is InChI=1S/C12H22N2O4.ClH/c1-12(2,3)18-11(16)14-9-5-8(6-13-7-9)10(15)17-4;/h8-9,13H,5-7H2,1-4H3,(H,14,16);1H. The molecule has 19 heavy (non-hydrogen) atoms. The Hall–Kier alpha value is -1.01. The first kappa shape index (κ1) is 18.0. The normalized spacial score (nSPS) is 22.9. The van der Waals surface area contributed by atoms with E-state index < -0.39 is 11.7 Å². The molecule has 2 unspecified atom stereocenters. The van der Waals surface area contributed by atoms with Crippen molar-refractivity contribution in [2.45, 2.75) is 38.8 Å². The lowest BCUT2D eigenvalue weighted by Gasteiger charge is -2.30. The second-order valence-electron chi connectivity index (χ2n) is 5.46. The molecule has 1 aliphatic heterocycles. The summed E-state index contributed by atoms with van der Waals surface area (Å²) >= 11 is 0. The van der Waals surface area contributed by atoms with Crippen LogP contribution in [0.25, 0.3) is 0 Å². The number of carbonyl (C=O) groups excluding carboxylic acids is 2. The highest BCUT2D eigenvalue weighted by atomic mass is 35.5. The highest BCUT2D eigenvalue weighted by Crippen LogP contribution is 2.13. The van der Waals surface area contributed by atoms with Crippen LogP contribution < -0.4 is 10.6 Å². The van der Waals surface area contributed by atoms with Crippen molar-refractivity contribution in [1.29, 1.82) is 0 Å². The second kappa shape index (κ2) is 7.55. The molecular formula is C12H23ClN2O4. The minimum atomic E-state index is -0.520. The third-order valence-corrected chi connectivity index (χ3v) is 2.61. The molecule has 0 aromatic heterocycles. The monoisotopic (exact) mass is 294 g/mol. The zero-order valence-corrected chi connectivity index (χ0v) is 12.6. The number of esters is 1. The van der Waals surface area contributed by atoms with Gasteiger partial charge in [-0.1, -0.05) is 0 Å². The first-order valence-corrected chi connectivity index (χ1v) is 6.10. The van der Waals surface area contributed by atoms with E-state index in [-0.39, 0.29) is 30.3 Å². The topological polar surface area (TPSA) is 76.7 Å². The Bertz CT molecular complexity index is 317. The maximum atomic E-state index is 11.6. The molecule has 0 bridgehead atoms. The van der Waals surface area contributed by atoms with Gasteiger partial charge < -0.3 is 20.1 Å². The van der Waals surface area contributed by atoms with Crippen LogP contribution in [-0.2, 0) is 14.3 Å². The van der Waals surface area contributed by atoms with E-state index in [1.165, 1.54) is 7.11 Å². The van der Waals surface area contributed by atoms with E-state index in [1.54, 1.807) is 0 Å². The Labute approximate surface area is 120 Å². The van der Waals surface area contributed by atoms with E-state index in [9.17, 15) is 9.59 Å². The zero-order chi connectivity index (χ0) is 13.8. The molecule has 6 nitrogen and oxygen atoms in total. The number of methoxy groups -OCH3 is 1. The van der Waals surface area contributed by atoms with Crippen molar-refractivity contribution in [3.05, 3.63) is 0 Å². The summed E-state index contributed by atoms with van der Waals surface area (Å²) in [5.74, 6) is -0.470. The Balaban J connectivity index is 0.00000324. The fourth-order valence-electron chi connectivity index (χ4n) is 1.87. The van der Waals surface area contributed by atoms with Crippen LogP contribution in [0, 0.1) is 5.92 Å². The molecule has 0 aliphatic carbocycles. The number of alkyl carbamates (subject to hydrolysis) is 1. The number of piperidine rings is 1. The van der Waals surface area contributed by atoms with Crippen LogP contribution in [0.15, 0.2) is 0 Å². The van der Waals surface area contributed by atoms with Crippen molar-refractivity contribution >= 4 is 24.5 Å². The Morgan fingerprint density at radius 1 is 1.26 bits per heavy atom. The predicted octanol–water partition coefficient (Wildman–Crippen LogP) is 1.08. The fraction of sp³-hybridized carbons (Fsp3) is 0.833. The molecule has 0 saturated carbocycles. The number of hydrogen-bond donors (Lipinski definition) is 2. The average molecular weight is 295 g/mol. The molecule has 0 aromatic carbocycles. The van der Waals surface area contributed by atoms with Gasteiger partial charge in [-0.2, -0.15) is 0 Å². The second-order valence-corrected chi connectivity index (χ2v) is 5.46. The van der Waals surface area contributed by atoms with E-state index in [0.29, 0.717) is 19.5 Å². The molecule has 0 radical (unpaired) electrons. The van der Waals surface area contributed by atoms with Crippen LogP contribution in [0.1, 0.15) is 27.2 Å². The molecular weight excluding hydrogens is 272 g/mol. The van der Waals surface area contributed by atoms with Gasteiger partial charge in [-0.3, -0.25) is 4.79 Å². The van der Waals surface area contributed by atoms with Crippen molar-refractivity contribution < 1.29 is 19.1 Å². The van der Waals surface area contributed by atoms with Crippen molar-refractivity contribution in [2.24, 2.45) is 5.92 Å². The summed E-state index contributed by atoms with van der Waals surface area (Å²) in [6, 6.07) is -0.113. The van der Waals surface area contributed by atoms with Crippen LogP contribution in [0.2, 0.25) is 0 Å². The lowest BCUT2D eigenvalue weighted by molar-refractivity contribution is -0.146. The third-order valence-electron chi connectivity index (χ3n) is 2.61. The number of amides is 1. The number of carbonyl (C=O) groups is 2. The Morgan fingerprint density at radius 3 is 2.42 bits per heavy atom. The van der Waals surface area contributed by atoms with E-state index in [1.807, 2.05) is 20.8 Å². The summed E-state index contributed by atoms with van der Waals surface area (Å²) < 4.78 is 9.87. The van der Waals surface area contributed by atoms with Gasteiger partial charge in [-0.15, -0.1) is 12.4 Å². The van der Waals surface area contributed by atoms with Gasteiger partial charge in [0, 0.05) is 19.1 Å². The maximum Gasteiger partial charge on any atom is 0.407 e. The summed E-state index contributed by atoms with van der Waals surface area (Å²) in [5, 5.41) is 5.85. The number of rotatable bonds is 2. The minimum Gasteiger partial charge on any atom is -0.469 e. The van der Waals surface area contributed by atoms with Crippen LogP contribution in [0.4, 0.5) is 4.79 Å². The Kier molecular flexibility index (Phi) is 7.15. The summed E-state index contributed by atoms with van der Waals surface area (Å²) in [7, 11) is 1.37. The van der Waals surface area contributed by atoms with Crippen molar-refractivity contribution in [1.82, 2.24) is 10.6 Å². The molecule has 2 N–H and O–H groups in total. The largest absolute Gasteiger partial charge is 0.469 e. The van der Waals surface area contributed by atoms with Crippen molar-refractivity contribution in [2.75, 3.05) is 20.2 Å². The third kappa shape index (κ3) is 6.63. The van der Waals surface area contributed by atoms with E-state index in [4.69, 9.17) is 9.47 Å². The predicted molar refractivity (Wildman–Crippen MR) is 73.4 cm³/mol. The van der Waals surface area contributed by atoms with Gasteiger partial charge in [0.1, 0.15) is 5.60 Å². The highest BCUT2D eigenvalue weighted by molar-refractivity contribution is 5.85. The molecule has 2 atom stereocenters. The lowest BCUT2D eigenvalue weighted by atomic mass is 9.96. The number of hydrogen-bond acceptors (Lipinski definition) is 5. The molecule has 0 aromatic rings. The molecule has 1 heterocycles. The molecule has 1 fully saturated rings. The molecule has 7 heteroatoms. The number of nitrogens with one attached hydrogen (secondary N) is 2. The van der Waals surface area contributed by atoms with E-state index >= 15 is 0 Å². The molecule has 0 spiro atoms. The molecule has 112 valence electrons. The first-order valence-electron chi connectivity index (χ1n) is 6.10. The quantitative estimate of drug-likeness (QED) is 0.746. The van der Waals surface area contributed by atoms with Gasteiger partial charge in [-0.05, 0) is 27.2 Å². The van der Waals surface area contributed by atoms with Gasteiger partial charge in [0.05, 0.1) is 13.0 Å². The van der Waals surface area contributed by atoms with Gasteiger partial charge in [0.25, 0.3) is 0 Å². The molecule has 1 aliphatic rings. The zero-order valence-electron chi connectivity index (χ0n) is 11.8. The SMILES string of the molecule is COC(=O)C1CNCC(NC(=O)OC(C)(C)C)C1.Cl. The van der Waals surface area contributed by atoms with Gasteiger partial charge in [0.15, 0.2) is 0 Å². The van der Waals surface area contributed by atoms with Crippen LogP contribution in [0.5, 0.6) is 0 Å². The summed E-state index contributed by atoms with van der Waals surface area (Å²) in [6.07, 6.45) is 0.110. The summed E-state index contributed by atoms with van der Waals surface area (Å²) in [6.45, 7) is 6.64. The lowest BCUT2D eigenvalue weighted by Crippen LogP contribution is -2.51. The summed E-state index contributed by atoms with van der Waals surface area (Å²) in [5.41, 5.74) is -0.520. The van der Waals surface area contributed by atoms with Crippen molar-refractivity contribution in [3.8, 4) is 0 Å². The fourth-order valence-corrected chi connectivity index (χ4v) is 1.87. The highest BCUT2D eigenvalue weighted by Gasteiger charge is 2.29. The average Bonchev–Trinajstić information content (AvgIpc) is 2.25. The molecule has 1 saturated heterocycles. The van der Waals surface area contributed by atoms with E-state index in [0.717, 1.165) is 0 Å². The number of halogens is 1. The first-order chi connectivity index (χ1) is 8.31.